The number of rotatable bonds is 6. The van der Waals surface area contributed by atoms with Crippen molar-refractivity contribution < 1.29 is 18.7 Å². The lowest BCUT2D eigenvalue weighted by molar-refractivity contribution is 0.0485. The molecule has 0 aliphatic heterocycles. The van der Waals surface area contributed by atoms with Gasteiger partial charge < -0.3 is 13.9 Å². The Hall–Kier alpha value is -1.36. The van der Waals surface area contributed by atoms with E-state index in [0.717, 1.165) is 0 Å². The molecule has 1 aromatic rings. The van der Waals surface area contributed by atoms with Crippen molar-refractivity contribution in [2.75, 3.05) is 20.3 Å². The summed E-state index contributed by atoms with van der Waals surface area (Å²) in [4.78, 5) is 16.0. The fourth-order valence-electron chi connectivity index (χ4n) is 1.41. The summed E-state index contributed by atoms with van der Waals surface area (Å²) >= 11 is 0. The summed E-state index contributed by atoms with van der Waals surface area (Å²) in [6, 6.07) is 0. The molecule has 0 spiro atoms. The van der Waals surface area contributed by atoms with Crippen molar-refractivity contribution in [3.8, 4) is 0 Å². The Balaban J connectivity index is 2.92. The smallest absolute Gasteiger partial charge is 0.376 e. The minimum atomic E-state index is -0.452. The highest BCUT2D eigenvalue weighted by Crippen LogP contribution is 2.21. The lowest BCUT2D eigenvalue weighted by Gasteiger charge is -2.02. The van der Waals surface area contributed by atoms with Crippen LogP contribution in [-0.4, -0.2) is 31.3 Å². The Morgan fingerprint density at radius 1 is 1.47 bits per heavy atom. The van der Waals surface area contributed by atoms with Crippen LogP contribution >= 0.6 is 0 Å². The molecule has 0 aromatic carbocycles. The number of oxazole rings is 1. The maximum Gasteiger partial charge on any atom is 0.376 e. The predicted molar refractivity (Wildman–Crippen MR) is 62.1 cm³/mol. The summed E-state index contributed by atoms with van der Waals surface area (Å²) in [6.07, 6.45) is 0.551. The molecule has 96 valence electrons. The first-order valence-corrected chi connectivity index (χ1v) is 5.75. The predicted octanol–water partition coefficient (Wildman–Crippen LogP) is 2.16. The molecule has 1 heterocycles. The highest BCUT2D eigenvalue weighted by Gasteiger charge is 2.23. The summed E-state index contributed by atoms with van der Waals surface area (Å²) in [7, 11) is 1.61. The van der Waals surface area contributed by atoms with Crippen molar-refractivity contribution in [3.05, 3.63) is 17.3 Å². The topological polar surface area (TPSA) is 61.6 Å². The molecule has 17 heavy (non-hydrogen) atoms. The van der Waals surface area contributed by atoms with E-state index in [0.29, 0.717) is 31.2 Å². The molecular weight excluding hydrogens is 222 g/mol. The first-order chi connectivity index (χ1) is 8.10. The maximum absolute atomic E-state index is 11.7. The van der Waals surface area contributed by atoms with E-state index in [2.05, 4.69) is 4.98 Å². The molecule has 0 unspecified atom stereocenters. The zero-order valence-electron chi connectivity index (χ0n) is 10.8. The van der Waals surface area contributed by atoms with Crippen LogP contribution in [0.15, 0.2) is 4.42 Å². The van der Waals surface area contributed by atoms with Gasteiger partial charge >= 0.3 is 5.97 Å². The lowest BCUT2D eigenvalue weighted by Crippen LogP contribution is -2.07. The number of hydrogen-bond donors (Lipinski definition) is 0. The zero-order valence-corrected chi connectivity index (χ0v) is 10.8. The zero-order chi connectivity index (χ0) is 12.8. The van der Waals surface area contributed by atoms with Crippen molar-refractivity contribution >= 4 is 5.97 Å². The van der Waals surface area contributed by atoms with E-state index in [9.17, 15) is 4.79 Å². The molecule has 5 nitrogen and oxygen atoms in total. The van der Waals surface area contributed by atoms with Crippen LogP contribution in [0.1, 0.15) is 48.8 Å². The molecule has 1 aromatic heterocycles. The number of hydrogen-bond acceptors (Lipinski definition) is 5. The standard InChI is InChI=1S/C12H19NO4/c1-5-16-12(14)11-10(8(2)3)13-9(17-11)6-7-15-4/h8H,5-7H2,1-4H3. The highest BCUT2D eigenvalue weighted by molar-refractivity contribution is 5.87. The first kappa shape index (κ1) is 13.7. The second-order valence-electron chi connectivity index (χ2n) is 3.94. The third-order valence-corrected chi connectivity index (χ3v) is 2.23. The van der Waals surface area contributed by atoms with Crippen LogP contribution in [0, 0.1) is 0 Å². The molecule has 0 aliphatic carbocycles. The van der Waals surface area contributed by atoms with Crippen molar-refractivity contribution in [1.82, 2.24) is 4.98 Å². The summed E-state index contributed by atoms with van der Waals surface area (Å²) in [5.41, 5.74) is 0.648. The number of aromatic nitrogens is 1. The Kier molecular flexibility index (Phi) is 5.15. The van der Waals surface area contributed by atoms with Crippen LogP contribution in [0.3, 0.4) is 0 Å². The van der Waals surface area contributed by atoms with Crippen molar-refractivity contribution in [2.45, 2.75) is 33.1 Å². The quantitative estimate of drug-likeness (QED) is 0.714. The molecule has 0 atom stereocenters. The van der Waals surface area contributed by atoms with Crippen LogP contribution in [0.25, 0.3) is 0 Å². The van der Waals surface area contributed by atoms with Gasteiger partial charge in [-0.25, -0.2) is 9.78 Å². The minimum Gasteiger partial charge on any atom is -0.460 e. The van der Waals surface area contributed by atoms with Gasteiger partial charge in [0.2, 0.25) is 5.76 Å². The molecule has 0 N–H and O–H groups in total. The van der Waals surface area contributed by atoms with Gasteiger partial charge in [0.1, 0.15) is 0 Å². The SMILES string of the molecule is CCOC(=O)c1oc(CCOC)nc1C(C)C. The van der Waals surface area contributed by atoms with E-state index < -0.39 is 5.97 Å². The van der Waals surface area contributed by atoms with Crippen molar-refractivity contribution in [1.29, 1.82) is 0 Å². The third-order valence-electron chi connectivity index (χ3n) is 2.23. The molecule has 0 radical (unpaired) electrons. The van der Waals surface area contributed by atoms with Crippen LogP contribution in [0.2, 0.25) is 0 Å². The van der Waals surface area contributed by atoms with Crippen LogP contribution < -0.4 is 0 Å². The van der Waals surface area contributed by atoms with Crippen molar-refractivity contribution in [3.63, 3.8) is 0 Å². The Bertz CT molecular complexity index is 371. The van der Waals surface area contributed by atoms with E-state index in [1.807, 2.05) is 13.8 Å². The average molecular weight is 241 g/mol. The Morgan fingerprint density at radius 2 is 2.18 bits per heavy atom. The summed E-state index contributed by atoms with van der Waals surface area (Å²) in [6.45, 7) is 6.52. The van der Waals surface area contributed by atoms with E-state index >= 15 is 0 Å². The number of carbonyl (C=O) groups is 1. The van der Waals surface area contributed by atoms with Gasteiger partial charge in [0.25, 0.3) is 0 Å². The van der Waals surface area contributed by atoms with E-state index in [-0.39, 0.29) is 11.7 Å². The van der Waals surface area contributed by atoms with Gasteiger partial charge in [0.15, 0.2) is 5.89 Å². The monoisotopic (exact) mass is 241 g/mol. The number of esters is 1. The first-order valence-electron chi connectivity index (χ1n) is 5.75. The molecule has 0 fully saturated rings. The summed E-state index contributed by atoms with van der Waals surface area (Å²) in [5, 5.41) is 0. The van der Waals surface area contributed by atoms with Gasteiger partial charge in [-0.1, -0.05) is 13.8 Å². The molecule has 1 rings (SSSR count). The molecule has 0 saturated carbocycles. The molecule has 5 heteroatoms. The average Bonchev–Trinajstić information content (AvgIpc) is 2.71. The van der Waals surface area contributed by atoms with Gasteiger partial charge in [-0.2, -0.15) is 0 Å². The molecule has 0 amide bonds. The van der Waals surface area contributed by atoms with E-state index in [4.69, 9.17) is 13.9 Å². The van der Waals surface area contributed by atoms with Crippen molar-refractivity contribution in [2.24, 2.45) is 0 Å². The Labute approximate surface area is 101 Å². The van der Waals surface area contributed by atoms with Gasteiger partial charge in [0, 0.05) is 13.5 Å². The fourth-order valence-corrected chi connectivity index (χ4v) is 1.41. The molecule has 0 aliphatic rings. The maximum atomic E-state index is 11.7. The third kappa shape index (κ3) is 3.56. The lowest BCUT2D eigenvalue weighted by atomic mass is 10.1. The van der Waals surface area contributed by atoms with Crippen LogP contribution in [0.4, 0.5) is 0 Å². The number of methoxy groups -OCH3 is 1. The van der Waals surface area contributed by atoms with Gasteiger partial charge in [0.05, 0.1) is 18.9 Å². The molecule has 0 saturated heterocycles. The number of ether oxygens (including phenoxy) is 2. The van der Waals surface area contributed by atoms with Crippen LogP contribution in [0.5, 0.6) is 0 Å². The largest absolute Gasteiger partial charge is 0.460 e. The second kappa shape index (κ2) is 6.39. The van der Waals surface area contributed by atoms with Gasteiger partial charge in [-0.3, -0.25) is 0 Å². The summed E-state index contributed by atoms with van der Waals surface area (Å²) < 4.78 is 15.3. The highest BCUT2D eigenvalue weighted by atomic mass is 16.5. The summed E-state index contributed by atoms with van der Waals surface area (Å²) in [5.74, 6) is 0.397. The van der Waals surface area contributed by atoms with Gasteiger partial charge in [-0.15, -0.1) is 0 Å². The normalized spacial score (nSPS) is 10.9. The molecule has 0 bridgehead atoms. The van der Waals surface area contributed by atoms with E-state index in [1.165, 1.54) is 0 Å². The Morgan fingerprint density at radius 3 is 2.71 bits per heavy atom. The number of nitrogens with zero attached hydrogens (tertiary/aromatic N) is 1. The van der Waals surface area contributed by atoms with E-state index in [1.54, 1.807) is 14.0 Å². The van der Waals surface area contributed by atoms with Gasteiger partial charge in [-0.05, 0) is 12.8 Å². The fraction of sp³-hybridized carbons (Fsp3) is 0.667. The molecular formula is C12H19NO4. The van der Waals surface area contributed by atoms with Crippen LogP contribution in [-0.2, 0) is 15.9 Å². The second-order valence-corrected chi connectivity index (χ2v) is 3.94. The minimum absolute atomic E-state index is 0.120. The number of carbonyl (C=O) groups excluding carboxylic acids is 1.